The number of rotatable bonds is 11. The SMILES string of the molecule is C/N=C\C(=O)/C(=C/c1nccn1CCC(c1ccc(F)cc1)c1ccc(F)cc1)OC(=O)CC(C)C. The third-order valence-corrected chi connectivity index (χ3v) is 5.50. The van der Waals surface area contributed by atoms with E-state index in [0.717, 1.165) is 17.3 Å². The van der Waals surface area contributed by atoms with Gasteiger partial charge in [-0.3, -0.25) is 14.6 Å². The minimum atomic E-state index is -0.542. The van der Waals surface area contributed by atoms with Crippen LogP contribution in [0.15, 0.2) is 71.7 Å². The highest BCUT2D eigenvalue weighted by molar-refractivity contribution is 6.35. The zero-order valence-corrected chi connectivity index (χ0v) is 20.5. The highest BCUT2D eigenvalue weighted by Gasteiger charge is 2.18. The molecule has 0 saturated carbocycles. The maximum absolute atomic E-state index is 13.5. The van der Waals surface area contributed by atoms with Gasteiger partial charge in [-0.15, -0.1) is 0 Å². The lowest BCUT2D eigenvalue weighted by molar-refractivity contribution is -0.142. The number of ketones is 1. The Bertz CT molecular complexity index is 1180. The number of nitrogens with zero attached hydrogens (tertiary/aromatic N) is 3. The average Bonchev–Trinajstić information content (AvgIpc) is 3.27. The summed E-state index contributed by atoms with van der Waals surface area (Å²) in [7, 11) is 1.46. The summed E-state index contributed by atoms with van der Waals surface area (Å²) in [6.45, 7) is 4.24. The second-order valence-electron chi connectivity index (χ2n) is 8.76. The van der Waals surface area contributed by atoms with E-state index < -0.39 is 11.8 Å². The number of carbonyl (C=O) groups is 2. The minimum absolute atomic E-state index is 0.0746. The number of esters is 1. The molecule has 0 N–H and O–H groups in total. The van der Waals surface area contributed by atoms with Crippen LogP contribution in [0.3, 0.4) is 0 Å². The predicted octanol–water partition coefficient (Wildman–Crippen LogP) is 5.58. The highest BCUT2D eigenvalue weighted by atomic mass is 19.1. The van der Waals surface area contributed by atoms with Crippen molar-refractivity contribution in [2.24, 2.45) is 10.9 Å². The van der Waals surface area contributed by atoms with Gasteiger partial charge in [0.15, 0.2) is 5.76 Å². The Labute approximate surface area is 209 Å². The number of aliphatic imine (C=N–C) groups is 1. The van der Waals surface area contributed by atoms with Crippen molar-refractivity contribution in [1.82, 2.24) is 9.55 Å². The lowest BCUT2D eigenvalue weighted by Crippen LogP contribution is -2.15. The smallest absolute Gasteiger partial charge is 0.311 e. The van der Waals surface area contributed by atoms with Crippen molar-refractivity contribution < 1.29 is 23.1 Å². The summed E-state index contributed by atoms with van der Waals surface area (Å²) in [5.41, 5.74) is 1.77. The number of halogens is 2. The molecule has 0 bridgehead atoms. The number of ether oxygens (including phenoxy) is 1. The van der Waals surface area contributed by atoms with Gasteiger partial charge in [0.1, 0.15) is 17.5 Å². The monoisotopic (exact) mass is 493 g/mol. The Kier molecular flexibility index (Phi) is 9.39. The van der Waals surface area contributed by atoms with Gasteiger partial charge in [0.2, 0.25) is 5.78 Å². The Morgan fingerprint density at radius 1 is 1.03 bits per heavy atom. The third kappa shape index (κ3) is 7.53. The summed E-state index contributed by atoms with van der Waals surface area (Å²) in [4.78, 5) is 32.8. The van der Waals surface area contributed by atoms with Gasteiger partial charge in [0, 0.05) is 44.4 Å². The number of hydrogen-bond donors (Lipinski definition) is 0. The van der Waals surface area contributed by atoms with Crippen molar-refractivity contribution in [2.75, 3.05) is 7.05 Å². The molecule has 0 spiro atoms. The normalized spacial score (nSPS) is 12.0. The molecule has 0 aliphatic carbocycles. The van der Waals surface area contributed by atoms with E-state index in [1.54, 1.807) is 36.7 Å². The van der Waals surface area contributed by atoms with Crippen LogP contribution in [0, 0.1) is 17.6 Å². The van der Waals surface area contributed by atoms with Crippen molar-refractivity contribution in [3.63, 3.8) is 0 Å². The maximum Gasteiger partial charge on any atom is 0.311 e. The van der Waals surface area contributed by atoms with Crippen molar-refractivity contribution in [1.29, 1.82) is 0 Å². The van der Waals surface area contributed by atoms with Crippen molar-refractivity contribution in [3.8, 4) is 0 Å². The Hall–Kier alpha value is -3.94. The summed E-state index contributed by atoms with van der Waals surface area (Å²) in [5.74, 6) is -1.52. The molecular formula is C28H29F2N3O3. The van der Waals surface area contributed by atoms with E-state index in [0.29, 0.717) is 18.8 Å². The molecule has 0 aliphatic rings. The van der Waals surface area contributed by atoms with Gasteiger partial charge in [0.05, 0.1) is 6.21 Å². The molecule has 36 heavy (non-hydrogen) atoms. The molecule has 6 nitrogen and oxygen atoms in total. The largest absolute Gasteiger partial charge is 0.422 e. The molecule has 0 aliphatic heterocycles. The van der Waals surface area contributed by atoms with E-state index in [-0.39, 0.29) is 35.7 Å². The van der Waals surface area contributed by atoms with E-state index in [4.69, 9.17) is 4.74 Å². The van der Waals surface area contributed by atoms with Gasteiger partial charge >= 0.3 is 5.97 Å². The Morgan fingerprint density at radius 2 is 1.61 bits per heavy atom. The summed E-state index contributed by atoms with van der Waals surface area (Å²) in [6, 6.07) is 12.5. The summed E-state index contributed by atoms with van der Waals surface area (Å²) >= 11 is 0. The van der Waals surface area contributed by atoms with Gasteiger partial charge in [-0.25, -0.2) is 13.8 Å². The molecule has 0 amide bonds. The number of imidazole rings is 1. The van der Waals surface area contributed by atoms with Gasteiger partial charge in [-0.05, 0) is 47.7 Å². The van der Waals surface area contributed by atoms with E-state index in [2.05, 4.69) is 9.98 Å². The first-order valence-electron chi connectivity index (χ1n) is 11.7. The molecule has 188 valence electrons. The van der Waals surface area contributed by atoms with E-state index >= 15 is 0 Å². The van der Waals surface area contributed by atoms with Crippen LogP contribution in [-0.2, 0) is 20.9 Å². The molecule has 1 heterocycles. The first kappa shape index (κ1) is 26.7. The fraction of sp³-hybridized carbons (Fsp3) is 0.286. The number of aromatic nitrogens is 2. The topological polar surface area (TPSA) is 73.6 Å². The standard InChI is InChI=1S/C28H29F2N3O3/c1-19(2)16-28(35)36-26(25(34)18-31-3)17-27-32-13-15-33(27)14-12-24(20-4-8-22(29)9-5-20)21-6-10-23(30)11-7-21/h4-11,13,15,17-19,24H,12,14,16H2,1-3H3/b26-17-,31-18-. The Morgan fingerprint density at radius 3 is 2.14 bits per heavy atom. The summed E-state index contributed by atoms with van der Waals surface area (Å²) < 4.78 is 34.2. The van der Waals surface area contributed by atoms with Crippen LogP contribution in [-0.4, -0.2) is 34.6 Å². The number of carbonyl (C=O) groups excluding carboxylic acids is 2. The lowest BCUT2D eigenvalue weighted by atomic mass is 9.88. The van der Waals surface area contributed by atoms with Crippen LogP contribution in [0.2, 0.25) is 0 Å². The number of aryl methyl sites for hydroxylation is 1. The zero-order valence-electron chi connectivity index (χ0n) is 20.5. The highest BCUT2D eigenvalue weighted by Crippen LogP contribution is 2.29. The molecule has 0 fully saturated rings. The quantitative estimate of drug-likeness (QED) is 0.151. The first-order valence-corrected chi connectivity index (χ1v) is 11.7. The lowest BCUT2D eigenvalue weighted by Gasteiger charge is -2.19. The molecule has 0 saturated heterocycles. The van der Waals surface area contributed by atoms with Crippen LogP contribution < -0.4 is 0 Å². The number of benzene rings is 2. The van der Waals surface area contributed by atoms with E-state index in [9.17, 15) is 18.4 Å². The predicted molar refractivity (Wildman–Crippen MR) is 134 cm³/mol. The maximum atomic E-state index is 13.5. The molecule has 2 aromatic carbocycles. The molecule has 3 rings (SSSR count). The summed E-state index contributed by atoms with van der Waals surface area (Å²) in [6.07, 6.45) is 6.60. The number of Topliss-reactive ketones (excluding diaryl/α,β-unsaturated/α-hetero) is 1. The van der Waals surface area contributed by atoms with Crippen molar-refractivity contribution in [3.05, 3.63) is 95.3 Å². The average molecular weight is 494 g/mol. The molecule has 1 aromatic heterocycles. The van der Waals surface area contributed by atoms with Crippen LogP contribution >= 0.6 is 0 Å². The van der Waals surface area contributed by atoms with Gasteiger partial charge in [-0.2, -0.15) is 0 Å². The molecule has 0 radical (unpaired) electrons. The minimum Gasteiger partial charge on any atom is -0.422 e. The Balaban J connectivity index is 1.87. The van der Waals surface area contributed by atoms with Crippen LogP contribution in [0.1, 0.15) is 49.6 Å². The fourth-order valence-corrected chi connectivity index (χ4v) is 3.78. The van der Waals surface area contributed by atoms with Crippen LogP contribution in [0.25, 0.3) is 6.08 Å². The second-order valence-corrected chi connectivity index (χ2v) is 8.76. The van der Waals surface area contributed by atoms with Crippen molar-refractivity contribution in [2.45, 2.75) is 39.2 Å². The molecular weight excluding hydrogens is 464 g/mol. The second kappa shape index (κ2) is 12.7. The van der Waals surface area contributed by atoms with Crippen LogP contribution in [0.5, 0.6) is 0 Å². The van der Waals surface area contributed by atoms with Crippen molar-refractivity contribution >= 4 is 24.0 Å². The molecule has 3 aromatic rings. The van der Waals surface area contributed by atoms with Gasteiger partial charge in [0.25, 0.3) is 0 Å². The zero-order chi connectivity index (χ0) is 26.1. The molecule has 0 unspecified atom stereocenters. The fourth-order valence-electron chi connectivity index (χ4n) is 3.78. The van der Waals surface area contributed by atoms with E-state index in [1.807, 2.05) is 18.4 Å². The van der Waals surface area contributed by atoms with Gasteiger partial charge in [-0.1, -0.05) is 38.1 Å². The van der Waals surface area contributed by atoms with E-state index in [1.165, 1.54) is 37.4 Å². The molecule has 0 atom stereocenters. The molecule has 8 heteroatoms. The first-order chi connectivity index (χ1) is 17.3. The third-order valence-electron chi connectivity index (χ3n) is 5.50. The number of allylic oxidation sites excluding steroid dienone is 1. The van der Waals surface area contributed by atoms with Crippen LogP contribution in [0.4, 0.5) is 8.78 Å². The number of hydrogen-bond acceptors (Lipinski definition) is 5. The summed E-state index contributed by atoms with van der Waals surface area (Å²) in [5, 5.41) is 0. The van der Waals surface area contributed by atoms with Gasteiger partial charge < -0.3 is 9.30 Å².